The van der Waals surface area contributed by atoms with Crippen LogP contribution in [0.4, 0.5) is 23.2 Å². The predicted octanol–water partition coefficient (Wildman–Crippen LogP) is 6.53. The van der Waals surface area contributed by atoms with Gasteiger partial charge in [0.05, 0.1) is 22.7 Å². The Kier molecular flexibility index (Phi) is 10.7. The first-order valence-corrected chi connectivity index (χ1v) is 14.1. The summed E-state index contributed by atoms with van der Waals surface area (Å²) in [7, 11) is 0. The molecular weight excluding hydrogens is 657 g/mol. The van der Waals surface area contributed by atoms with Gasteiger partial charge in [0, 0.05) is 33.7 Å². The number of ether oxygens (including phenoxy) is 1. The number of rotatable bonds is 7. The summed E-state index contributed by atoms with van der Waals surface area (Å²) in [6.07, 6.45) is -3.32. The minimum Gasteiger partial charge on any atom is -0.475 e. The molecule has 0 aliphatic carbocycles. The summed E-state index contributed by atoms with van der Waals surface area (Å²) in [6, 6.07) is 15.9. The number of nitrogens with zero attached hydrogens (tertiary/aromatic N) is 1. The van der Waals surface area contributed by atoms with Crippen LogP contribution in [0.3, 0.4) is 0 Å². The Morgan fingerprint density at radius 3 is 2.48 bits per heavy atom. The minimum absolute atomic E-state index is 0.0169. The molecule has 2 heterocycles. The number of carbonyl (C=O) groups excluding carboxylic acids is 2. The fraction of sp³-hybridized carbons (Fsp3) is 0.200. The topological polar surface area (TPSA) is 156 Å². The summed E-state index contributed by atoms with van der Waals surface area (Å²) in [5, 5.41) is 26.0. The maximum absolute atomic E-state index is 15.3. The molecule has 46 heavy (non-hydrogen) atoms. The Balaban J connectivity index is 0.000000617. The van der Waals surface area contributed by atoms with Gasteiger partial charge in [0.1, 0.15) is 11.4 Å². The van der Waals surface area contributed by atoms with E-state index in [1.54, 1.807) is 24.3 Å². The van der Waals surface area contributed by atoms with Crippen molar-refractivity contribution in [2.75, 3.05) is 11.9 Å². The molecule has 5 N–H and O–H groups in total. The molecule has 2 amide bonds. The van der Waals surface area contributed by atoms with E-state index in [0.29, 0.717) is 11.2 Å². The predicted molar refractivity (Wildman–Crippen MR) is 160 cm³/mol. The van der Waals surface area contributed by atoms with Gasteiger partial charge < -0.3 is 30.8 Å². The first kappa shape index (κ1) is 34.0. The SMILES string of the molecule is N#Cc1cc(Cl)cc(Oc2c(Cl)ccc(CNC(=O)c3cc4cc(NC(=O)[C@@H]5CCCN5)ccc4[nH]3)c2F)c1.O=C(O)C(F)(F)F. The fourth-order valence-electron chi connectivity index (χ4n) is 4.35. The molecule has 3 aromatic carbocycles. The third-order valence-corrected chi connectivity index (χ3v) is 7.06. The van der Waals surface area contributed by atoms with Gasteiger partial charge in [-0.2, -0.15) is 18.4 Å². The van der Waals surface area contributed by atoms with Crippen LogP contribution in [0.2, 0.25) is 10.0 Å². The van der Waals surface area contributed by atoms with Gasteiger partial charge in [-0.15, -0.1) is 0 Å². The lowest BCUT2D eigenvalue weighted by molar-refractivity contribution is -0.192. The number of hydrogen-bond donors (Lipinski definition) is 5. The highest BCUT2D eigenvalue weighted by Gasteiger charge is 2.38. The summed E-state index contributed by atoms with van der Waals surface area (Å²) in [5.74, 6) is -4.15. The van der Waals surface area contributed by atoms with Crippen molar-refractivity contribution in [3.8, 4) is 17.6 Å². The molecule has 1 aliphatic rings. The zero-order valence-corrected chi connectivity index (χ0v) is 24.9. The smallest absolute Gasteiger partial charge is 0.475 e. The van der Waals surface area contributed by atoms with Gasteiger partial charge in [0.15, 0.2) is 11.6 Å². The van der Waals surface area contributed by atoms with Crippen LogP contribution in [0.1, 0.15) is 34.5 Å². The number of fused-ring (bicyclic) bond motifs is 1. The normalized spacial score (nSPS) is 14.2. The number of nitriles is 1. The Bertz CT molecular complexity index is 1830. The summed E-state index contributed by atoms with van der Waals surface area (Å²) in [4.78, 5) is 37.2. The van der Waals surface area contributed by atoms with Crippen molar-refractivity contribution < 1.29 is 41.8 Å². The van der Waals surface area contributed by atoms with E-state index in [-0.39, 0.29) is 56.9 Å². The number of carboxylic acid groups (broad SMARTS) is 1. The summed E-state index contributed by atoms with van der Waals surface area (Å²) in [5.41, 5.74) is 2.01. The third kappa shape index (κ3) is 8.66. The Hall–Kier alpha value is -4.84. The number of H-pyrrole nitrogens is 1. The fourth-order valence-corrected chi connectivity index (χ4v) is 4.76. The van der Waals surface area contributed by atoms with E-state index in [2.05, 4.69) is 20.9 Å². The number of aliphatic carboxylic acids is 1. The van der Waals surface area contributed by atoms with Crippen LogP contribution >= 0.6 is 23.2 Å². The quantitative estimate of drug-likeness (QED) is 0.139. The van der Waals surface area contributed by atoms with Crippen molar-refractivity contribution in [3.63, 3.8) is 0 Å². The number of carbonyl (C=O) groups is 3. The molecule has 1 aromatic heterocycles. The van der Waals surface area contributed by atoms with Crippen molar-refractivity contribution in [1.82, 2.24) is 15.6 Å². The lowest BCUT2D eigenvalue weighted by Gasteiger charge is -2.13. The maximum atomic E-state index is 15.3. The lowest BCUT2D eigenvalue weighted by atomic mass is 10.2. The number of halogens is 6. The first-order valence-electron chi connectivity index (χ1n) is 13.4. The molecule has 0 spiro atoms. The largest absolute Gasteiger partial charge is 0.490 e. The highest BCUT2D eigenvalue weighted by molar-refractivity contribution is 6.32. The van der Waals surface area contributed by atoms with Gasteiger partial charge in [-0.25, -0.2) is 9.18 Å². The minimum atomic E-state index is -5.08. The molecule has 4 aromatic rings. The number of benzene rings is 3. The zero-order valence-electron chi connectivity index (χ0n) is 23.4. The molecule has 1 aliphatic heterocycles. The van der Waals surface area contributed by atoms with Crippen LogP contribution < -0.4 is 20.7 Å². The van der Waals surface area contributed by atoms with Crippen LogP contribution in [0.25, 0.3) is 10.9 Å². The van der Waals surface area contributed by atoms with Gasteiger partial charge >= 0.3 is 12.1 Å². The number of alkyl halides is 3. The third-order valence-electron chi connectivity index (χ3n) is 6.54. The van der Waals surface area contributed by atoms with Gasteiger partial charge in [0.2, 0.25) is 5.91 Å². The van der Waals surface area contributed by atoms with Crippen LogP contribution in [0.15, 0.2) is 54.6 Å². The second-order valence-corrected chi connectivity index (χ2v) is 10.7. The Morgan fingerprint density at radius 2 is 1.83 bits per heavy atom. The monoisotopic (exact) mass is 679 g/mol. The van der Waals surface area contributed by atoms with E-state index in [9.17, 15) is 22.8 Å². The number of aromatic amines is 1. The average molecular weight is 680 g/mol. The number of amides is 2. The Morgan fingerprint density at radius 1 is 1.09 bits per heavy atom. The molecule has 0 bridgehead atoms. The number of aromatic nitrogens is 1. The standard InChI is InChI=1S/C28H22Cl2FN5O3.C2HF3O2/c29-18-8-15(13-32)9-20(12-18)39-26-21(30)5-3-16(25(26)31)14-34-27(37)24-11-17-10-19(4-6-22(17)36-24)35-28(38)23-2-1-7-33-23;3-2(4,5)1(6)7/h3-6,8-12,23,33,36H,1-2,7,14H2,(H,34,37)(H,35,38);(H,6,7)/t23-;/m0./s1. The van der Waals surface area contributed by atoms with Crippen LogP contribution in [0.5, 0.6) is 11.5 Å². The van der Waals surface area contributed by atoms with Crippen molar-refractivity contribution in [2.45, 2.75) is 31.6 Å². The highest BCUT2D eigenvalue weighted by atomic mass is 35.5. The summed E-state index contributed by atoms with van der Waals surface area (Å²) >= 11 is 12.2. The first-order chi connectivity index (χ1) is 21.7. The van der Waals surface area contributed by atoms with E-state index in [1.807, 2.05) is 6.07 Å². The summed E-state index contributed by atoms with van der Waals surface area (Å²) in [6.45, 7) is 0.689. The molecule has 0 radical (unpaired) electrons. The average Bonchev–Trinajstić information content (AvgIpc) is 3.69. The number of anilines is 1. The van der Waals surface area contributed by atoms with E-state index in [0.717, 1.165) is 24.8 Å². The van der Waals surface area contributed by atoms with E-state index >= 15 is 4.39 Å². The van der Waals surface area contributed by atoms with Crippen molar-refractivity contribution >= 4 is 57.6 Å². The van der Waals surface area contributed by atoms with Gasteiger partial charge in [0.25, 0.3) is 5.91 Å². The molecule has 1 atom stereocenters. The number of hydrogen-bond acceptors (Lipinski definition) is 6. The molecule has 16 heteroatoms. The maximum Gasteiger partial charge on any atom is 0.490 e. The van der Waals surface area contributed by atoms with Crippen molar-refractivity contribution in [3.05, 3.63) is 87.3 Å². The molecule has 1 saturated heterocycles. The van der Waals surface area contributed by atoms with Gasteiger partial charge in [-0.3, -0.25) is 9.59 Å². The van der Waals surface area contributed by atoms with E-state index < -0.39 is 23.9 Å². The van der Waals surface area contributed by atoms with E-state index in [1.165, 1.54) is 30.3 Å². The van der Waals surface area contributed by atoms with Crippen molar-refractivity contribution in [2.24, 2.45) is 0 Å². The molecule has 0 unspecified atom stereocenters. The number of carboxylic acids is 1. The van der Waals surface area contributed by atoms with Crippen molar-refractivity contribution in [1.29, 1.82) is 5.26 Å². The molecule has 240 valence electrons. The molecule has 1 fully saturated rings. The highest BCUT2D eigenvalue weighted by Crippen LogP contribution is 2.35. The summed E-state index contributed by atoms with van der Waals surface area (Å²) < 4.78 is 52.6. The molecule has 5 rings (SSSR count). The van der Waals surface area contributed by atoms with Gasteiger partial charge in [-0.1, -0.05) is 29.3 Å². The number of nitrogens with one attached hydrogen (secondary N) is 4. The second kappa shape index (κ2) is 14.5. The van der Waals surface area contributed by atoms with Crippen LogP contribution in [-0.4, -0.2) is 46.6 Å². The van der Waals surface area contributed by atoms with Crippen LogP contribution in [-0.2, 0) is 16.1 Å². The molecule has 0 saturated carbocycles. The van der Waals surface area contributed by atoms with Gasteiger partial charge in [-0.05, 0) is 67.9 Å². The molecule has 10 nitrogen and oxygen atoms in total. The Labute approximate surface area is 268 Å². The lowest BCUT2D eigenvalue weighted by Crippen LogP contribution is -2.35. The van der Waals surface area contributed by atoms with Crippen LogP contribution in [0, 0.1) is 17.1 Å². The van der Waals surface area contributed by atoms with E-state index in [4.69, 9.17) is 43.1 Å². The zero-order chi connectivity index (χ0) is 33.6. The second-order valence-electron chi connectivity index (χ2n) is 9.85. The molecular formula is C30H23Cl2F4N5O5.